The second-order valence-corrected chi connectivity index (χ2v) is 4.87. The summed E-state index contributed by atoms with van der Waals surface area (Å²) in [5.41, 5.74) is 0. The number of rotatable bonds is 2. The van der Waals surface area contributed by atoms with Gasteiger partial charge in [0.05, 0.1) is 0 Å². The molecule has 14 heavy (non-hydrogen) atoms. The summed E-state index contributed by atoms with van der Waals surface area (Å²) in [5, 5.41) is 3.50. The van der Waals surface area contributed by atoms with Crippen LogP contribution in [0.15, 0.2) is 0 Å². The van der Waals surface area contributed by atoms with Gasteiger partial charge in [-0.3, -0.25) is 4.90 Å². The number of piperidine rings is 1. The highest BCUT2D eigenvalue weighted by molar-refractivity contribution is 4.86. The Bertz CT molecular complexity index is 173. The minimum atomic E-state index is 0.778. The van der Waals surface area contributed by atoms with Crippen LogP contribution in [-0.2, 0) is 0 Å². The largest absolute Gasteiger partial charge is 0.315 e. The van der Waals surface area contributed by atoms with Gasteiger partial charge in [-0.2, -0.15) is 0 Å². The summed E-state index contributed by atoms with van der Waals surface area (Å²) in [7, 11) is 4.54. The Hall–Kier alpha value is -0.120. The Labute approximate surface area is 87.4 Å². The number of nitrogens with zero attached hydrogens (tertiary/aromatic N) is 2. The molecule has 1 N–H and O–H groups in total. The maximum Gasteiger partial charge on any atom is 0.0235 e. The van der Waals surface area contributed by atoms with Crippen LogP contribution < -0.4 is 5.32 Å². The van der Waals surface area contributed by atoms with E-state index in [2.05, 4.69) is 29.2 Å². The standard InChI is InChI=1S/C11H23N3/c1-13-7-5-11(9-13)14(2)10-4-3-6-12-8-10/h10-12H,3-9H2,1-2H3. The van der Waals surface area contributed by atoms with E-state index in [1.807, 2.05) is 0 Å². The molecule has 0 amide bonds. The summed E-state index contributed by atoms with van der Waals surface area (Å²) < 4.78 is 0. The van der Waals surface area contributed by atoms with Crippen LogP contribution in [0.5, 0.6) is 0 Å². The van der Waals surface area contributed by atoms with E-state index in [1.165, 1.54) is 45.4 Å². The van der Waals surface area contributed by atoms with Gasteiger partial charge in [-0.15, -0.1) is 0 Å². The monoisotopic (exact) mass is 197 g/mol. The van der Waals surface area contributed by atoms with Gasteiger partial charge in [0.2, 0.25) is 0 Å². The van der Waals surface area contributed by atoms with E-state index in [-0.39, 0.29) is 0 Å². The summed E-state index contributed by atoms with van der Waals surface area (Å²) in [6.07, 6.45) is 4.07. The third kappa shape index (κ3) is 2.27. The Morgan fingerprint density at radius 3 is 2.71 bits per heavy atom. The second-order valence-electron chi connectivity index (χ2n) is 4.87. The quantitative estimate of drug-likeness (QED) is 0.690. The molecular weight excluding hydrogens is 174 g/mol. The molecule has 0 aliphatic carbocycles. The van der Waals surface area contributed by atoms with Crippen molar-refractivity contribution in [3.05, 3.63) is 0 Å². The zero-order valence-corrected chi connectivity index (χ0v) is 9.50. The number of hydrogen-bond donors (Lipinski definition) is 1. The van der Waals surface area contributed by atoms with E-state index in [0.29, 0.717) is 0 Å². The van der Waals surface area contributed by atoms with Gasteiger partial charge in [-0.25, -0.2) is 0 Å². The fourth-order valence-electron chi connectivity index (χ4n) is 2.72. The fourth-order valence-corrected chi connectivity index (χ4v) is 2.72. The van der Waals surface area contributed by atoms with E-state index in [4.69, 9.17) is 0 Å². The predicted molar refractivity (Wildman–Crippen MR) is 59.6 cm³/mol. The summed E-state index contributed by atoms with van der Waals surface area (Å²) in [6, 6.07) is 1.57. The van der Waals surface area contributed by atoms with Crippen LogP contribution in [0, 0.1) is 0 Å². The lowest BCUT2D eigenvalue weighted by Crippen LogP contribution is -2.49. The first-order valence-corrected chi connectivity index (χ1v) is 5.88. The third-order valence-corrected chi connectivity index (χ3v) is 3.79. The summed E-state index contributed by atoms with van der Waals surface area (Å²) in [4.78, 5) is 5.05. The van der Waals surface area contributed by atoms with Crippen molar-refractivity contribution in [1.29, 1.82) is 0 Å². The molecule has 2 heterocycles. The molecule has 2 atom stereocenters. The topological polar surface area (TPSA) is 18.5 Å². The van der Waals surface area contributed by atoms with E-state index >= 15 is 0 Å². The van der Waals surface area contributed by atoms with Crippen LogP contribution in [0.3, 0.4) is 0 Å². The zero-order valence-electron chi connectivity index (χ0n) is 9.50. The molecule has 2 aliphatic rings. The van der Waals surface area contributed by atoms with Gasteiger partial charge in [0.15, 0.2) is 0 Å². The van der Waals surface area contributed by atoms with Gasteiger partial charge in [-0.1, -0.05) is 0 Å². The summed E-state index contributed by atoms with van der Waals surface area (Å²) in [6.45, 7) is 4.94. The number of likely N-dealkylation sites (N-methyl/N-ethyl adjacent to an activating group) is 2. The van der Waals surface area contributed by atoms with Crippen molar-refractivity contribution in [2.75, 3.05) is 40.3 Å². The molecule has 0 saturated carbocycles. The van der Waals surface area contributed by atoms with Gasteiger partial charge in [0.1, 0.15) is 0 Å². The molecule has 2 saturated heterocycles. The first-order chi connectivity index (χ1) is 6.77. The number of hydrogen-bond acceptors (Lipinski definition) is 3. The molecule has 0 aromatic heterocycles. The van der Waals surface area contributed by atoms with Crippen molar-refractivity contribution in [2.45, 2.75) is 31.3 Å². The van der Waals surface area contributed by atoms with E-state index in [0.717, 1.165) is 12.1 Å². The van der Waals surface area contributed by atoms with Crippen molar-refractivity contribution < 1.29 is 0 Å². The number of likely N-dealkylation sites (tertiary alicyclic amines) is 1. The molecule has 2 fully saturated rings. The van der Waals surface area contributed by atoms with Crippen molar-refractivity contribution in [3.63, 3.8) is 0 Å². The highest BCUT2D eigenvalue weighted by Gasteiger charge is 2.28. The lowest BCUT2D eigenvalue weighted by atomic mass is 10.0. The van der Waals surface area contributed by atoms with Crippen LogP contribution in [0.2, 0.25) is 0 Å². The minimum Gasteiger partial charge on any atom is -0.315 e. The summed E-state index contributed by atoms with van der Waals surface area (Å²) >= 11 is 0. The van der Waals surface area contributed by atoms with Crippen LogP contribution in [-0.4, -0.2) is 62.2 Å². The van der Waals surface area contributed by atoms with Crippen molar-refractivity contribution in [2.24, 2.45) is 0 Å². The molecule has 0 spiro atoms. The van der Waals surface area contributed by atoms with Gasteiger partial charge in [0, 0.05) is 25.2 Å². The molecule has 0 bridgehead atoms. The Morgan fingerprint density at radius 2 is 2.14 bits per heavy atom. The molecule has 3 nitrogen and oxygen atoms in total. The van der Waals surface area contributed by atoms with Crippen LogP contribution in [0.1, 0.15) is 19.3 Å². The lowest BCUT2D eigenvalue weighted by Gasteiger charge is -2.35. The van der Waals surface area contributed by atoms with Gasteiger partial charge < -0.3 is 10.2 Å². The lowest BCUT2D eigenvalue weighted by molar-refractivity contribution is 0.149. The normalized spacial score (nSPS) is 35.4. The van der Waals surface area contributed by atoms with Crippen molar-refractivity contribution in [1.82, 2.24) is 15.1 Å². The van der Waals surface area contributed by atoms with E-state index in [9.17, 15) is 0 Å². The Morgan fingerprint density at radius 1 is 1.29 bits per heavy atom. The van der Waals surface area contributed by atoms with Crippen LogP contribution in [0.25, 0.3) is 0 Å². The maximum absolute atomic E-state index is 3.50. The highest BCUT2D eigenvalue weighted by Crippen LogP contribution is 2.18. The molecular formula is C11H23N3. The zero-order chi connectivity index (χ0) is 9.97. The van der Waals surface area contributed by atoms with Gasteiger partial charge in [0.25, 0.3) is 0 Å². The molecule has 2 aliphatic heterocycles. The molecule has 82 valence electrons. The maximum atomic E-state index is 3.50. The van der Waals surface area contributed by atoms with E-state index in [1.54, 1.807) is 0 Å². The molecule has 3 heteroatoms. The SMILES string of the molecule is CN1CCC(N(C)C2CCCNC2)C1. The number of nitrogens with one attached hydrogen (secondary N) is 1. The average molecular weight is 197 g/mol. The second kappa shape index (κ2) is 4.60. The smallest absolute Gasteiger partial charge is 0.0235 e. The minimum absolute atomic E-state index is 0.778. The molecule has 2 rings (SSSR count). The van der Waals surface area contributed by atoms with Crippen LogP contribution in [0.4, 0.5) is 0 Å². The van der Waals surface area contributed by atoms with Crippen LogP contribution >= 0.6 is 0 Å². The Kier molecular flexibility index (Phi) is 3.42. The third-order valence-electron chi connectivity index (χ3n) is 3.79. The first-order valence-electron chi connectivity index (χ1n) is 5.88. The van der Waals surface area contributed by atoms with Crippen molar-refractivity contribution in [3.8, 4) is 0 Å². The Balaban J connectivity index is 1.84. The van der Waals surface area contributed by atoms with Crippen molar-refractivity contribution >= 4 is 0 Å². The molecule has 0 aromatic carbocycles. The predicted octanol–water partition coefficient (Wildman–Crippen LogP) is 0.374. The average Bonchev–Trinajstić information content (AvgIpc) is 2.65. The fraction of sp³-hybridized carbons (Fsp3) is 1.00. The molecule has 0 radical (unpaired) electrons. The van der Waals surface area contributed by atoms with E-state index < -0.39 is 0 Å². The molecule has 0 aromatic rings. The first kappa shape index (κ1) is 10.4. The summed E-state index contributed by atoms with van der Waals surface area (Å²) in [5.74, 6) is 0. The van der Waals surface area contributed by atoms with Gasteiger partial charge in [-0.05, 0) is 46.4 Å². The highest BCUT2D eigenvalue weighted by atomic mass is 15.3. The molecule has 2 unspecified atom stereocenters. The van der Waals surface area contributed by atoms with Gasteiger partial charge >= 0.3 is 0 Å².